The lowest BCUT2D eigenvalue weighted by atomic mass is 9.86. The van der Waals surface area contributed by atoms with Crippen LogP contribution in [0.2, 0.25) is 0 Å². The number of amides is 1. The Morgan fingerprint density at radius 1 is 1.16 bits per heavy atom. The predicted molar refractivity (Wildman–Crippen MR) is 97.2 cm³/mol. The fourth-order valence-electron chi connectivity index (χ4n) is 4.52. The normalized spacial score (nSPS) is 24.1. The molecule has 0 unspecified atom stereocenters. The predicted octanol–water partition coefficient (Wildman–Crippen LogP) is 2.69. The van der Waals surface area contributed by atoms with E-state index in [9.17, 15) is 4.79 Å². The van der Waals surface area contributed by atoms with E-state index >= 15 is 0 Å². The Bertz CT molecular complexity index is 741. The maximum absolute atomic E-state index is 13.0. The Kier molecular flexibility index (Phi) is 4.34. The van der Waals surface area contributed by atoms with Crippen LogP contribution in [-0.4, -0.2) is 50.4 Å². The van der Waals surface area contributed by atoms with Gasteiger partial charge < -0.3 is 9.47 Å². The second-order valence-corrected chi connectivity index (χ2v) is 7.51. The third kappa shape index (κ3) is 3.21. The van der Waals surface area contributed by atoms with Crippen LogP contribution < -0.4 is 0 Å². The zero-order chi connectivity index (χ0) is 17.3. The van der Waals surface area contributed by atoms with Crippen molar-refractivity contribution in [2.45, 2.75) is 37.8 Å². The van der Waals surface area contributed by atoms with E-state index in [1.807, 2.05) is 17.8 Å². The number of likely N-dealkylation sites (tertiary alicyclic amines) is 2. The summed E-state index contributed by atoms with van der Waals surface area (Å²) in [6.45, 7) is 3.91. The Hall–Kier alpha value is -2.14. The number of benzene rings is 1. The van der Waals surface area contributed by atoms with Gasteiger partial charge in [-0.1, -0.05) is 30.3 Å². The molecule has 0 N–H and O–H groups in total. The molecule has 1 aromatic heterocycles. The first-order chi connectivity index (χ1) is 12.2. The van der Waals surface area contributed by atoms with Crippen molar-refractivity contribution in [1.82, 2.24) is 19.4 Å². The molecule has 2 fully saturated rings. The van der Waals surface area contributed by atoms with Crippen LogP contribution in [-0.2, 0) is 13.6 Å². The van der Waals surface area contributed by atoms with Gasteiger partial charge in [-0.25, -0.2) is 4.98 Å². The van der Waals surface area contributed by atoms with Crippen LogP contribution in [0, 0.1) is 0 Å². The average molecular weight is 338 g/mol. The van der Waals surface area contributed by atoms with Crippen molar-refractivity contribution in [2.75, 3.05) is 19.6 Å². The monoisotopic (exact) mass is 338 g/mol. The lowest BCUT2D eigenvalue weighted by Gasteiger charge is -2.46. The highest BCUT2D eigenvalue weighted by molar-refractivity contribution is 5.93. The van der Waals surface area contributed by atoms with Crippen LogP contribution >= 0.6 is 0 Å². The summed E-state index contributed by atoms with van der Waals surface area (Å²) in [4.78, 5) is 21.9. The van der Waals surface area contributed by atoms with E-state index in [1.54, 1.807) is 6.33 Å². The molecular formula is C20H26N4O. The summed E-state index contributed by atoms with van der Waals surface area (Å²) in [6, 6.07) is 10.6. The Labute approximate surface area is 149 Å². The van der Waals surface area contributed by atoms with Gasteiger partial charge in [0.25, 0.3) is 5.91 Å². The molecule has 4 rings (SSSR count). The summed E-state index contributed by atoms with van der Waals surface area (Å²) >= 11 is 0. The van der Waals surface area contributed by atoms with Crippen molar-refractivity contribution in [2.24, 2.45) is 7.05 Å². The fourth-order valence-corrected chi connectivity index (χ4v) is 4.52. The molecule has 132 valence electrons. The molecule has 0 radical (unpaired) electrons. The maximum Gasteiger partial charge on any atom is 0.274 e. The first-order valence-electron chi connectivity index (χ1n) is 9.23. The van der Waals surface area contributed by atoms with Gasteiger partial charge >= 0.3 is 0 Å². The standard InChI is InChI=1S/C20H26N4O/c1-22-14-18(21-16-22)19(25)24-12-6-10-20(24)9-5-11-23(15-20)13-17-7-3-2-4-8-17/h2-4,7-8,14,16H,5-6,9-13,15H2,1H3/t20-/m0/s1. The molecule has 2 aromatic rings. The molecule has 3 heterocycles. The van der Waals surface area contributed by atoms with E-state index in [1.165, 1.54) is 5.56 Å². The van der Waals surface area contributed by atoms with E-state index in [0.29, 0.717) is 5.69 Å². The van der Waals surface area contributed by atoms with Gasteiger partial charge in [0.1, 0.15) is 5.69 Å². The number of hydrogen-bond donors (Lipinski definition) is 0. The molecule has 2 aliphatic rings. The molecule has 5 nitrogen and oxygen atoms in total. The lowest BCUT2D eigenvalue weighted by Crippen LogP contribution is -2.57. The van der Waals surface area contributed by atoms with Crippen LogP contribution in [0.1, 0.15) is 41.7 Å². The Morgan fingerprint density at radius 2 is 1.92 bits per heavy atom. The number of aromatic nitrogens is 2. The van der Waals surface area contributed by atoms with Crippen molar-refractivity contribution < 1.29 is 4.79 Å². The minimum Gasteiger partial charge on any atom is -0.340 e. The number of aryl methyl sites for hydroxylation is 1. The van der Waals surface area contributed by atoms with Gasteiger partial charge in [0.15, 0.2) is 0 Å². The molecule has 0 aliphatic carbocycles. The minimum atomic E-state index is -0.0123. The summed E-state index contributed by atoms with van der Waals surface area (Å²) < 4.78 is 1.85. The van der Waals surface area contributed by atoms with Crippen LogP contribution in [0.5, 0.6) is 0 Å². The number of nitrogens with zero attached hydrogens (tertiary/aromatic N) is 4. The molecule has 1 aromatic carbocycles. The number of rotatable bonds is 3. The minimum absolute atomic E-state index is 0.0123. The second-order valence-electron chi connectivity index (χ2n) is 7.51. The first kappa shape index (κ1) is 16.3. The van der Waals surface area contributed by atoms with Crippen molar-refractivity contribution >= 4 is 5.91 Å². The fraction of sp³-hybridized carbons (Fsp3) is 0.500. The van der Waals surface area contributed by atoms with E-state index in [2.05, 4.69) is 45.1 Å². The Balaban J connectivity index is 1.52. The number of piperidine rings is 1. The van der Waals surface area contributed by atoms with Crippen molar-refractivity contribution in [3.8, 4) is 0 Å². The van der Waals surface area contributed by atoms with Gasteiger partial charge in [-0.15, -0.1) is 0 Å². The molecule has 0 bridgehead atoms. The lowest BCUT2D eigenvalue weighted by molar-refractivity contribution is 0.0289. The summed E-state index contributed by atoms with van der Waals surface area (Å²) in [6.07, 6.45) is 8.00. The zero-order valence-corrected chi connectivity index (χ0v) is 14.9. The number of carbonyl (C=O) groups is 1. The smallest absolute Gasteiger partial charge is 0.274 e. The average Bonchev–Trinajstić information content (AvgIpc) is 3.22. The highest BCUT2D eigenvalue weighted by Crippen LogP contribution is 2.38. The molecule has 2 saturated heterocycles. The topological polar surface area (TPSA) is 41.4 Å². The van der Waals surface area contributed by atoms with E-state index < -0.39 is 0 Å². The van der Waals surface area contributed by atoms with Gasteiger partial charge in [0.2, 0.25) is 0 Å². The molecule has 1 spiro atoms. The largest absolute Gasteiger partial charge is 0.340 e. The van der Waals surface area contributed by atoms with Gasteiger partial charge in [0.05, 0.1) is 11.9 Å². The van der Waals surface area contributed by atoms with Crippen molar-refractivity contribution in [3.63, 3.8) is 0 Å². The summed E-state index contributed by atoms with van der Waals surface area (Å²) in [7, 11) is 1.91. The second kappa shape index (κ2) is 6.64. The first-order valence-corrected chi connectivity index (χ1v) is 9.23. The third-order valence-electron chi connectivity index (χ3n) is 5.65. The Morgan fingerprint density at radius 3 is 2.64 bits per heavy atom. The summed E-state index contributed by atoms with van der Waals surface area (Å²) in [5.41, 5.74) is 1.91. The number of hydrogen-bond acceptors (Lipinski definition) is 3. The molecule has 1 amide bonds. The van der Waals surface area contributed by atoms with Crippen LogP contribution in [0.4, 0.5) is 0 Å². The van der Waals surface area contributed by atoms with Crippen LogP contribution in [0.15, 0.2) is 42.9 Å². The number of carbonyl (C=O) groups excluding carboxylic acids is 1. The van der Waals surface area contributed by atoms with Crippen molar-refractivity contribution in [1.29, 1.82) is 0 Å². The van der Waals surface area contributed by atoms with Crippen LogP contribution in [0.3, 0.4) is 0 Å². The molecule has 2 aliphatic heterocycles. The van der Waals surface area contributed by atoms with Gasteiger partial charge in [-0.2, -0.15) is 0 Å². The SMILES string of the molecule is Cn1cnc(C(=O)N2CCC[C@]23CCCN(Cc2ccccc2)C3)c1. The molecule has 5 heteroatoms. The quantitative estimate of drug-likeness (QED) is 0.864. The third-order valence-corrected chi connectivity index (χ3v) is 5.65. The van der Waals surface area contributed by atoms with Gasteiger partial charge in [0, 0.05) is 32.9 Å². The van der Waals surface area contributed by atoms with Gasteiger partial charge in [-0.05, 0) is 37.8 Å². The summed E-state index contributed by atoms with van der Waals surface area (Å²) in [5.74, 6) is 0.0969. The molecular weight excluding hydrogens is 312 g/mol. The van der Waals surface area contributed by atoms with Crippen molar-refractivity contribution in [3.05, 3.63) is 54.1 Å². The van der Waals surface area contributed by atoms with E-state index in [4.69, 9.17) is 0 Å². The van der Waals surface area contributed by atoms with Crippen LogP contribution in [0.25, 0.3) is 0 Å². The highest BCUT2D eigenvalue weighted by Gasteiger charge is 2.46. The maximum atomic E-state index is 13.0. The molecule has 25 heavy (non-hydrogen) atoms. The highest BCUT2D eigenvalue weighted by atomic mass is 16.2. The summed E-state index contributed by atoms with van der Waals surface area (Å²) in [5, 5.41) is 0. The van der Waals surface area contributed by atoms with E-state index in [0.717, 1.165) is 51.9 Å². The van der Waals surface area contributed by atoms with E-state index in [-0.39, 0.29) is 11.4 Å². The number of imidazole rings is 1. The molecule has 1 atom stereocenters. The van der Waals surface area contributed by atoms with Gasteiger partial charge in [-0.3, -0.25) is 9.69 Å². The molecule has 0 saturated carbocycles. The zero-order valence-electron chi connectivity index (χ0n) is 14.9.